The van der Waals surface area contributed by atoms with Crippen molar-refractivity contribution in [2.45, 2.75) is 13.1 Å². The third-order valence-corrected chi connectivity index (χ3v) is 2.21. The summed E-state index contributed by atoms with van der Waals surface area (Å²) in [6.45, 7) is -2.45. The summed E-state index contributed by atoms with van der Waals surface area (Å²) in [6, 6.07) is 5.28. The monoisotopic (exact) mass is 222 g/mol. The van der Waals surface area contributed by atoms with Crippen LogP contribution in [-0.4, -0.2) is 14.1 Å². The Labute approximate surface area is 90.4 Å². The molecule has 0 aromatic carbocycles. The third kappa shape index (κ3) is 1.80. The Bertz CT molecular complexity index is 521. The van der Waals surface area contributed by atoms with Crippen molar-refractivity contribution in [1.29, 1.82) is 5.26 Å². The van der Waals surface area contributed by atoms with Crippen LogP contribution in [0.2, 0.25) is 0 Å². The second-order valence-corrected chi connectivity index (χ2v) is 3.16. The molecule has 16 heavy (non-hydrogen) atoms. The van der Waals surface area contributed by atoms with Crippen molar-refractivity contribution < 1.29 is 8.78 Å². The Kier molecular flexibility index (Phi) is 2.68. The fourth-order valence-electron chi connectivity index (χ4n) is 1.45. The highest BCUT2D eigenvalue weighted by molar-refractivity contribution is 5.22. The molecule has 6 heteroatoms. The Morgan fingerprint density at radius 2 is 2.25 bits per heavy atom. The van der Waals surface area contributed by atoms with E-state index >= 15 is 0 Å². The Balaban J connectivity index is 2.28. The van der Waals surface area contributed by atoms with Gasteiger partial charge in [0.15, 0.2) is 0 Å². The highest BCUT2D eigenvalue weighted by atomic mass is 19.3. The molecule has 0 saturated heterocycles. The second kappa shape index (κ2) is 4.14. The lowest BCUT2D eigenvalue weighted by Crippen LogP contribution is -2.09. The van der Waals surface area contributed by atoms with E-state index in [1.54, 1.807) is 22.9 Å². The lowest BCUT2D eigenvalue weighted by atomic mass is 10.4. The van der Waals surface area contributed by atoms with Crippen molar-refractivity contribution in [3.63, 3.8) is 0 Å². The van der Waals surface area contributed by atoms with E-state index in [9.17, 15) is 8.78 Å². The number of hydrogen-bond acceptors (Lipinski definition) is 2. The number of halogens is 2. The number of hydrogen-bond donors (Lipinski definition) is 0. The maximum atomic E-state index is 12.5. The van der Waals surface area contributed by atoms with E-state index in [2.05, 4.69) is 4.98 Å². The maximum absolute atomic E-state index is 12.5. The van der Waals surface area contributed by atoms with Crippen LogP contribution in [0.15, 0.2) is 30.7 Å². The summed E-state index contributed by atoms with van der Waals surface area (Å²) in [4.78, 5) is 3.84. The van der Waals surface area contributed by atoms with Crippen LogP contribution < -0.4 is 0 Å². The summed E-state index contributed by atoms with van der Waals surface area (Å²) < 4.78 is 27.4. The van der Waals surface area contributed by atoms with E-state index < -0.39 is 6.55 Å². The molecular formula is C10H8F2N4. The van der Waals surface area contributed by atoms with Gasteiger partial charge in [-0.1, -0.05) is 0 Å². The smallest absolute Gasteiger partial charge is 0.319 e. The van der Waals surface area contributed by atoms with Gasteiger partial charge in [0, 0.05) is 18.6 Å². The lowest BCUT2D eigenvalue weighted by molar-refractivity contribution is 0.0667. The molecule has 0 saturated carbocycles. The van der Waals surface area contributed by atoms with Gasteiger partial charge in [0.05, 0.1) is 6.54 Å². The van der Waals surface area contributed by atoms with Gasteiger partial charge in [-0.15, -0.1) is 0 Å². The second-order valence-electron chi connectivity index (χ2n) is 3.16. The van der Waals surface area contributed by atoms with E-state index in [1.807, 2.05) is 6.07 Å². The van der Waals surface area contributed by atoms with E-state index in [1.165, 1.54) is 12.4 Å². The van der Waals surface area contributed by atoms with Crippen LogP contribution in [0.5, 0.6) is 0 Å². The maximum Gasteiger partial charge on any atom is 0.319 e. The lowest BCUT2D eigenvalue weighted by Gasteiger charge is -2.07. The molecule has 0 unspecified atom stereocenters. The number of rotatable bonds is 3. The van der Waals surface area contributed by atoms with Crippen LogP contribution in [0, 0.1) is 11.3 Å². The standard InChI is InChI=1S/C10H8F2N4/c11-10(12)16-5-3-14-9(16)7-15-4-1-2-8(15)6-13/h1-5,10H,7H2. The van der Waals surface area contributed by atoms with Gasteiger partial charge in [-0.2, -0.15) is 14.0 Å². The van der Waals surface area contributed by atoms with Crippen molar-refractivity contribution in [3.05, 3.63) is 42.2 Å². The molecule has 0 fully saturated rings. The normalized spacial score (nSPS) is 10.6. The molecule has 0 aliphatic rings. The number of nitrogens with zero attached hydrogens (tertiary/aromatic N) is 4. The molecule has 0 radical (unpaired) electrons. The molecule has 0 aliphatic carbocycles. The molecule has 2 rings (SSSR count). The summed E-state index contributed by atoms with van der Waals surface area (Å²) in [6.07, 6.45) is 4.19. The first-order chi connectivity index (χ1) is 7.72. The number of alkyl halides is 2. The number of nitriles is 1. The van der Waals surface area contributed by atoms with E-state index in [-0.39, 0.29) is 12.4 Å². The molecule has 0 amide bonds. The fraction of sp³-hybridized carbons (Fsp3) is 0.200. The topological polar surface area (TPSA) is 46.5 Å². The van der Waals surface area contributed by atoms with Gasteiger partial charge in [-0.05, 0) is 12.1 Å². The van der Waals surface area contributed by atoms with Gasteiger partial charge in [0.2, 0.25) is 0 Å². The number of imidazole rings is 1. The van der Waals surface area contributed by atoms with Crippen molar-refractivity contribution in [1.82, 2.24) is 14.1 Å². The largest absolute Gasteiger partial charge is 0.332 e. The van der Waals surface area contributed by atoms with Gasteiger partial charge in [-0.3, -0.25) is 4.57 Å². The summed E-state index contributed by atoms with van der Waals surface area (Å²) in [7, 11) is 0. The summed E-state index contributed by atoms with van der Waals surface area (Å²) in [5.74, 6) is 0.225. The van der Waals surface area contributed by atoms with Crippen LogP contribution in [0.25, 0.3) is 0 Å². The highest BCUT2D eigenvalue weighted by Gasteiger charge is 2.12. The summed E-state index contributed by atoms with van der Waals surface area (Å²) in [5, 5.41) is 8.77. The molecule has 0 atom stereocenters. The Morgan fingerprint density at radius 3 is 2.94 bits per heavy atom. The quantitative estimate of drug-likeness (QED) is 0.797. The molecule has 2 aromatic heterocycles. The van der Waals surface area contributed by atoms with Gasteiger partial charge >= 0.3 is 6.55 Å². The van der Waals surface area contributed by atoms with Gasteiger partial charge < -0.3 is 4.57 Å². The van der Waals surface area contributed by atoms with Gasteiger partial charge in [-0.25, -0.2) is 4.98 Å². The van der Waals surface area contributed by atoms with Crippen LogP contribution >= 0.6 is 0 Å². The minimum atomic E-state index is -2.61. The zero-order chi connectivity index (χ0) is 11.5. The van der Waals surface area contributed by atoms with E-state index in [4.69, 9.17) is 5.26 Å². The summed E-state index contributed by atoms with van der Waals surface area (Å²) in [5.41, 5.74) is 0.420. The Hall–Kier alpha value is -2.16. The van der Waals surface area contributed by atoms with Crippen LogP contribution in [0.1, 0.15) is 18.1 Å². The molecule has 0 spiro atoms. The SMILES string of the molecule is N#Cc1cccn1Cc1nccn1C(F)F. The molecule has 0 aliphatic heterocycles. The average molecular weight is 222 g/mol. The first kappa shape index (κ1) is 10.4. The zero-order valence-electron chi connectivity index (χ0n) is 8.22. The van der Waals surface area contributed by atoms with Crippen molar-refractivity contribution in [2.24, 2.45) is 0 Å². The molecule has 82 valence electrons. The average Bonchev–Trinajstić information content (AvgIpc) is 2.86. The van der Waals surface area contributed by atoms with Crippen molar-refractivity contribution in [3.8, 4) is 6.07 Å². The minimum absolute atomic E-state index is 0.160. The zero-order valence-corrected chi connectivity index (χ0v) is 8.22. The van der Waals surface area contributed by atoms with Crippen molar-refractivity contribution >= 4 is 0 Å². The van der Waals surface area contributed by atoms with E-state index in [0.717, 1.165) is 4.57 Å². The predicted octanol–water partition coefficient (Wildman–Crippen LogP) is 2.00. The molecule has 0 bridgehead atoms. The van der Waals surface area contributed by atoms with Gasteiger partial charge in [0.1, 0.15) is 17.6 Å². The minimum Gasteiger partial charge on any atom is -0.332 e. The molecule has 2 aromatic rings. The third-order valence-electron chi connectivity index (χ3n) is 2.21. The first-order valence-corrected chi connectivity index (χ1v) is 4.57. The van der Waals surface area contributed by atoms with Crippen LogP contribution in [0.4, 0.5) is 8.78 Å². The van der Waals surface area contributed by atoms with Crippen LogP contribution in [-0.2, 0) is 6.54 Å². The van der Waals surface area contributed by atoms with Crippen molar-refractivity contribution in [2.75, 3.05) is 0 Å². The van der Waals surface area contributed by atoms with Gasteiger partial charge in [0.25, 0.3) is 0 Å². The molecule has 4 nitrogen and oxygen atoms in total. The molecule has 0 N–H and O–H groups in total. The molecule has 2 heterocycles. The van der Waals surface area contributed by atoms with E-state index in [0.29, 0.717) is 5.69 Å². The highest BCUT2D eigenvalue weighted by Crippen LogP contribution is 2.14. The van der Waals surface area contributed by atoms with Crippen LogP contribution in [0.3, 0.4) is 0 Å². The Morgan fingerprint density at radius 1 is 1.44 bits per heavy atom. The molecular weight excluding hydrogens is 214 g/mol. The number of aromatic nitrogens is 3. The fourth-order valence-corrected chi connectivity index (χ4v) is 1.45. The predicted molar refractivity (Wildman–Crippen MR) is 51.7 cm³/mol. The summed E-state index contributed by atoms with van der Waals surface area (Å²) >= 11 is 0. The first-order valence-electron chi connectivity index (χ1n) is 4.57.